The average molecular weight is 446 g/mol. The normalized spacial score (nSPS) is 19.2. The predicted octanol–water partition coefficient (Wildman–Crippen LogP) is 3.62. The van der Waals surface area contributed by atoms with Crippen LogP contribution >= 0.6 is 0 Å². The van der Waals surface area contributed by atoms with Gasteiger partial charge in [0.2, 0.25) is 5.92 Å². The van der Waals surface area contributed by atoms with Crippen LogP contribution in [-0.2, 0) is 13.6 Å². The molecule has 1 saturated carbocycles. The average Bonchev–Trinajstić information content (AvgIpc) is 3.30. The molecular formula is C22H25F3N6O. The minimum Gasteiger partial charge on any atom is -0.348 e. The van der Waals surface area contributed by atoms with Crippen LogP contribution in [0.5, 0.6) is 0 Å². The molecule has 0 bridgehead atoms. The number of nitrogens with one attached hydrogen (secondary N) is 2. The van der Waals surface area contributed by atoms with Crippen molar-refractivity contribution in [1.82, 2.24) is 30.2 Å². The van der Waals surface area contributed by atoms with Gasteiger partial charge in [-0.1, -0.05) is 0 Å². The van der Waals surface area contributed by atoms with Crippen molar-refractivity contribution in [3.63, 3.8) is 0 Å². The van der Waals surface area contributed by atoms with Crippen LogP contribution < -0.4 is 5.32 Å². The van der Waals surface area contributed by atoms with E-state index < -0.39 is 17.6 Å². The monoisotopic (exact) mass is 446 g/mol. The van der Waals surface area contributed by atoms with Gasteiger partial charge in [0, 0.05) is 43.4 Å². The van der Waals surface area contributed by atoms with Crippen LogP contribution in [0.25, 0.3) is 22.0 Å². The largest absolute Gasteiger partial charge is 0.348 e. The molecule has 2 aromatic heterocycles. The van der Waals surface area contributed by atoms with Crippen molar-refractivity contribution >= 4 is 16.8 Å². The lowest BCUT2D eigenvalue weighted by molar-refractivity contribution is -0.0399. The summed E-state index contributed by atoms with van der Waals surface area (Å²) in [6, 6.07) is 2.81. The summed E-state index contributed by atoms with van der Waals surface area (Å²) in [7, 11) is 1.86. The quantitative estimate of drug-likeness (QED) is 0.628. The number of likely N-dealkylation sites (tertiary alicyclic amines) is 1. The van der Waals surface area contributed by atoms with E-state index in [1.54, 1.807) is 16.9 Å². The highest BCUT2D eigenvalue weighted by atomic mass is 19.3. The highest BCUT2D eigenvalue weighted by Gasteiger charge is 2.35. The van der Waals surface area contributed by atoms with E-state index in [-0.39, 0.29) is 42.9 Å². The van der Waals surface area contributed by atoms with Gasteiger partial charge in [0.15, 0.2) is 5.82 Å². The molecule has 0 atom stereocenters. The summed E-state index contributed by atoms with van der Waals surface area (Å²) in [5, 5.41) is 14.1. The van der Waals surface area contributed by atoms with E-state index in [1.165, 1.54) is 12.5 Å². The number of fused-ring (bicyclic) bond motifs is 1. The number of amides is 1. The SMILES string of the molecule is Cn1ncc(-c2cc(F)c3n[nH]c(C(=O)NC4CCC(F)(F)CC4)c3c2)c1CN1CCC1. The Balaban J connectivity index is 1.44. The molecule has 0 unspecified atom stereocenters. The third kappa shape index (κ3) is 3.87. The van der Waals surface area contributed by atoms with Crippen molar-refractivity contribution in [3.8, 4) is 11.1 Å². The molecule has 3 heterocycles. The molecule has 170 valence electrons. The van der Waals surface area contributed by atoms with Crippen molar-refractivity contribution in [2.45, 2.75) is 50.6 Å². The fourth-order valence-corrected chi connectivity index (χ4v) is 4.49. The number of aromatic nitrogens is 4. The molecule has 1 saturated heterocycles. The van der Waals surface area contributed by atoms with Gasteiger partial charge >= 0.3 is 0 Å². The van der Waals surface area contributed by atoms with Crippen LogP contribution in [0.15, 0.2) is 18.3 Å². The molecule has 1 amide bonds. The Kier molecular flexibility index (Phi) is 5.19. The van der Waals surface area contributed by atoms with Gasteiger partial charge < -0.3 is 5.32 Å². The van der Waals surface area contributed by atoms with E-state index in [9.17, 15) is 18.0 Å². The summed E-state index contributed by atoms with van der Waals surface area (Å²) in [5.74, 6) is -3.67. The van der Waals surface area contributed by atoms with Gasteiger partial charge in [-0.25, -0.2) is 13.2 Å². The number of alkyl halides is 2. The zero-order chi connectivity index (χ0) is 22.5. The maximum absolute atomic E-state index is 14.9. The predicted molar refractivity (Wildman–Crippen MR) is 113 cm³/mol. The summed E-state index contributed by atoms with van der Waals surface area (Å²) < 4.78 is 43.5. The highest BCUT2D eigenvalue weighted by molar-refractivity contribution is 6.06. The number of benzene rings is 1. The smallest absolute Gasteiger partial charge is 0.270 e. The van der Waals surface area contributed by atoms with Crippen LogP contribution in [0, 0.1) is 5.82 Å². The zero-order valence-corrected chi connectivity index (χ0v) is 17.8. The fraction of sp³-hybridized carbons (Fsp3) is 0.500. The first kappa shape index (κ1) is 21.0. The van der Waals surface area contributed by atoms with Crippen LogP contribution in [-0.4, -0.2) is 55.8 Å². The molecule has 2 fully saturated rings. The lowest BCUT2D eigenvalue weighted by Gasteiger charge is -2.30. The van der Waals surface area contributed by atoms with Crippen LogP contribution in [0.2, 0.25) is 0 Å². The first-order chi connectivity index (χ1) is 15.3. The van der Waals surface area contributed by atoms with Gasteiger partial charge in [0.05, 0.1) is 11.9 Å². The van der Waals surface area contributed by atoms with Crippen molar-refractivity contribution in [1.29, 1.82) is 0 Å². The molecule has 1 aliphatic heterocycles. The molecule has 1 aliphatic carbocycles. The van der Waals surface area contributed by atoms with Gasteiger partial charge in [-0.2, -0.15) is 10.2 Å². The van der Waals surface area contributed by atoms with E-state index in [0.717, 1.165) is 30.9 Å². The Morgan fingerprint density at radius 3 is 2.72 bits per heavy atom. The maximum Gasteiger partial charge on any atom is 0.270 e. The van der Waals surface area contributed by atoms with Crippen molar-refractivity contribution in [3.05, 3.63) is 35.5 Å². The number of rotatable bonds is 5. The first-order valence-electron chi connectivity index (χ1n) is 10.9. The number of hydrogen-bond donors (Lipinski definition) is 2. The molecule has 3 aromatic rings. The number of H-pyrrole nitrogens is 1. The van der Waals surface area contributed by atoms with E-state index in [0.29, 0.717) is 10.9 Å². The summed E-state index contributed by atoms with van der Waals surface area (Å²) >= 11 is 0. The zero-order valence-electron chi connectivity index (χ0n) is 17.8. The van der Waals surface area contributed by atoms with Gasteiger partial charge in [0.25, 0.3) is 5.91 Å². The Morgan fingerprint density at radius 2 is 2.03 bits per heavy atom. The van der Waals surface area contributed by atoms with Gasteiger partial charge in [0.1, 0.15) is 11.2 Å². The summed E-state index contributed by atoms with van der Waals surface area (Å²) in [6.45, 7) is 2.77. The third-order valence-corrected chi connectivity index (χ3v) is 6.59. The summed E-state index contributed by atoms with van der Waals surface area (Å²) in [4.78, 5) is 15.1. The third-order valence-electron chi connectivity index (χ3n) is 6.59. The molecule has 0 spiro atoms. The Morgan fingerprint density at radius 1 is 1.28 bits per heavy atom. The lowest BCUT2D eigenvalue weighted by Crippen LogP contribution is -2.40. The Bertz CT molecular complexity index is 1160. The second kappa shape index (κ2) is 7.91. The number of carbonyl (C=O) groups excluding carboxylic acids is 1. The number of halogens is 3. The van der Waals surface area contributed by atoms with Gasteiger partial charge in [-0.3, -0.25) is 19.5 Å². The van der Waals surface area contributed by atoms with Gasteiger partial charge in [-0.15, -0.1) is 0 Å². The fourth-order valence-electron chi connectivity index (χ4n) is 4.49. The van der Waals surface area contributed by atoms with E-state index >= 15 is 0 Å². The second-order valence-electron chi connectivity index (χ2n) is 8.81. The minimum atomic E-state index is -2.67. The standard InChI is InChI=1S/C22H25F3N6O/c1-30-18(12-31-7-2-8-31)16(11-26-30)13-9-15-19(17(23)10-13)28-29-20(15)21(32)27-14-3-5-22(24,25)6-4-14/h9-11,14H,2-8,12H2,1H3,(H,27,32)(H,28,29). The van der Waals surface area contributed by atoms with Crippen molar-refractivity contribution in [2.75, 3.05) is 13.1 Å². The first-order valence-corrected chi connectivity index (χ1v) is 10.9. The molecule has 2 aliphatic rings. The Labute approximate surface area is 183 Å². The molecule has 5 rings (SSSR count). The number of aryl methyl sites for hydroxylation is 1. The molecule has 0 radical (unpaired) electrons. The van der Waals surface area contributed by atoms with Crippen molar-refractivity contribution in [2.24, 2.45) is 7.05 Å². The van der Waals surface area contributed by atoms with Gasteiger partial charge in [-0.05, 0) is 50.0 Å². The van der Waals surface area contributed by atoms with Crippen LogP contribution in [0.3, 0.4) is 0 Å². The Hall–Kier alpha value is -2.88. The maximum atomic E-state index is 14.9. The van der Waals surface area contributed by atoms with E-state index in [4.69, 9.17) is 0 Å². The number of aromatic amines is 1. The highest BCUT2D eigenvalue weighted by Crippen LogP contribution is 2.34. The molecule has 32 heavy (non-hydrogen) atoms. The molecule has 7 nitrogen and oxygen atoms in total. The topological polar surface area (TPSA) is 78.8 Å². The van der Waals surface area contributed by atoms with Crippen molar-refractivity contribution < 1.29 is 18.0 Å². The van der Waals surface area contributed by atoms with E-state index in [2.05, 4.69) is 25.5 Å². The summed E-state index contributed by atoms with van der Waals surface area (Å²) in [5.41, 5.74) is 2.60. The number of hydrogen-bond acceptors (Lipinski definition) is 4. The summed E-state index contributed by atoms with van der Waals surface area (Å²) in [6.07, 6.45) is 2.79. The number of carbonyl (C=O) groups is 1. The number of nitrogens with zero attached hydrogens (tertiary/aromatic N) is 4. The molecule has 2 N–H and O–H groups in total. The van der Waals surface area contributed by atoms with E-state index in [1.807, 2.05) is 7.05 Å². The van der Waals surface area contributed by atoms with Crippen LogP contribution in [0.1, 0.15) is 48.3 Å². The second-order valence-corrected chi connectivity index (χ2v) is 8.81. The minimum absolute atomic E-state index is 0.0715. The molecular weight excluding hydrogens is 421 g/mol. The molecule has 1 aromatic carbocycles. The van der Waals surface area contributed by atoms with Crippen LogP contribution in [0.4, 0.5) is 13.2 Å². The molecule has 10 heteroatoms. The lowest BCUT2D eigenvalue weighted by atomic mass is 9.92.